The predicted octanol–water partition coefficient (Wildman–Crippen LogP) is 8.49. The van der Waals surface area contributed by atoms with E-state index in [9.17, 15) is 24.6 Å². The second-order valence-electron chi connectivity index (χ2n) is 9.09. The monoisotopic (exact) mass is 619 g/mol. The van der Waals surface area contributed by atoms with Crippen molar-refractivity contribution in [2.45, 2.75) is 20.8 Å². The smallest absolute Gasteiger partial charge is 0.337 e. The lowest BCUT2D eigenvalue weighted by Gasteiger charge is -2.24. The van der Waals surface area contributed by atoms with Gasteiger partial charge in [0.2, 0.25) is 5.43 Å². The van der Waals surface area contributed by atoms with E-state index in [2.05, 4.69) is 0 Å². The molecule has 0 saturated carbocycles. The average Bonchev–Trinajstić information content (AvgIpc) is 2.80. The van der Waals surface area contributed by atoms with Gasteiger partial charge in [0.05, 0.1) is 25.7 Å². The first kappa shape index (κ1) is 27.8. The van der Waals surface area contributed by atoms with Crippen molar-refractivity contribution < 1.29 is 24.2 Å². The van der Waals surface area contributed by atoms with Crippen molar-refractivity contribution in [1.29, 1.82) is 0 Å². The summed E-state index contributed by atoms with van der Waals surface area (Å²) in [5.74, 6) is -2.94. The Morgan fingerprint density at radius 3 is 2.05 bits per heavy atom. The topological polar surface area (TPSA) is 108 Å². The molecule has 6 nitrogen and oxygen atoms in total. The van der Waals surface area contributed by atoms with Crippen LogP contribution in [0, 0.1) is 5.41 Å². The van der Waals surface area contributed by atoms with E-state index in [1.54, 1.807) is 20.8 Å². The van der Waals surface area contributed by atoms with E-state index >= 15 is 0 Å². The second kappa shape index (κ2) is 9.53. The number of hydrogen-bond donors (Lipinski definition) is 1. The minimum absolute atomic E-state index is 0.0169. The van der Waals surface area contributed by atoms with Gasteiger partial charge < -0.3 is 14.6 Å². The molecule has 12 heteroatoms. The molecule has 0 aromatic heterocycles. The third-order valence-corrected chi connectivity index (χ3v) is 7.55. The number of halogens is 6. The van der Waals surface area contributed by atoms with Gasteiger partial charge in [0, 0.05) is 38.1 Å². The van der Waals surface area contributed by atoms with Crippen LogP contribution in [0.5, 0.6) is 5.75 Å². The molecule has 1 N–H and O–H groups in total. The third kappa shape index (κ3) is 4.44. The highest BCUT2D eigenvalue weighted by Crippen LogP contribution is 2.51. The Bertz CT molecular complexity index is 1700. The number of ketones is 1. The molecule has 4 rings (SSSR count). The number of fused-ring (bicyclic) bond motifs is 2. The van der Waals surface area contributed by atoms with E-state index in [0.29, 0.717) is 0 Å². The standard InChI is InChI=1S/C25H14Cl6O6/c1-25(2,3)23(34)9-6-10(26)14(24(35)36)15(16(9)29)13-7-4-11(27)19(32)17(30)21(7)37-22-8(13)5-12(28)20(33)18(22)31/h4-6,32H,1-3H3,(H,35,36)/p-1. The SMILES string of the molecule is CC(C)(C)C(=O)c1cc(Cl)c(C(=O)O)c(-c2c3cc(Cl)c(=O)c(Cl)c-3oc3c(Cl)c([O-])c(Cl)cc23)c1Cl. The summed E-state index contributed by atoms with van der Waals surface area (Å²) in [5.41, 5.74) is -2.67. The van der Waals surface area contributed by atoms with Gasteiger partial charge in [-0.1, -0.05) is 96.1 Å². The lowest BCUT2D eigenvalue weighted by atomic mass is 9.83. The van der Waals surface area contributed by atoms with Gasteiger partial charge in [0.15, 0.2) is 17.1 Å². The van der Waals surface area contributed by atoms with Crippen molar-refractivity contribution in [3.63, 3.8) is 0 Å². The van der Waals surface area contributed by atoms with Crippen molar-refractivity contribution in [1.82, 2.24) is 0 Å². The summed E-state index contributed by atoms with van der Waals surface area (Å²) in [4.78, 5) is 38.2. The lowest BCUT2D eigenvalue weighted by Crippen LogP contribution is -2.21. The highest BCUT2D eigenvalue weighted by molar-refractivity contribution is 6.44. The molecule has 0 unspecified atom stereocenters. The molecule has 1 heterocycles. The molecule has 0 spiro atoms. The summed E-state index contributed by atoms with van der Waals surface area (Å²) in [7, 11) is 0. The molecule has 1 aliphatic heterocycles. The van der Waals surface area contributed by atoms with E-state index in [4.69, 9.17) is 74.0 Å². The average molecular weight is 622 g/mol. The Morgan fingerprint density at radius 2 is 1.49 bits per heavy atom. The Morgan fingerprint density at radius 1 is 0.865 bits per heavy atom. The minimum atomic E-state index is -1.48. The van der Waals surface area contributed by atoms with Gasteiger partial charge >= 0.3 is 5.97 Å². The van der Waals surface area contributed by atoms with Crippen LogP contribution in [0.3, 0.4) is 0 Å². The Labute approximate surface area is 239 Å². The number of rotatable bonds is 3. The molecule has 1 aliphatic carbocycles. The predicted molar refractivity (Wildman–Crippen MR) is 145 cm³/mol. The number of carboxylic acids is 1. The number of carbonyl (C=O) groups is 2. The van der Waals surface area contributed by atoms with E-state index < -0.39 is 44.0 Å². The number of aromatic carboxylic acids is 1. The summed E-state index contributed by atoms with van der Waals surface area (Å²) in [6.07, 6.45) is 0. The molecular weight excluding hydrogens is 609 g/mol. The van der Waals surface area contributed by atoms with Crippen LogP contribution in [-0.2, 0) is 0 Å². The molecule has 2 aliphatic rings. The first-order chi connectivity index (χ1) is 17.1. The zero-order chi connectivity index (χ0) is 27.7. The molecule has 2 aromatic carbocycles. The summed E-state index contributed by atoms with van der Waals surface area (Å²) in [6, 6.07) is 3.57. The summed E-state index contributed by atoms with van der Waals surface area (Å²) >= 11 is 38.0. The number of carbonyl (C=O) groups excluding carboxylic acids is 1. The highest BCUT2D eigenvalue weighted by atomic mass is 35.5. The maximum absolute atomic E-state index is 13.3. The number of Topliss-reactive ketones (excluding diaryl/α,β-unsaturated/α-hetero) is 1. The quantitative estimate of drug-likeness (QED) is 0.182. The molecule has 0 amide bonds. The van der Waals surface area contributed by atoms with Gasteiger partial charge in [-0.25, -0.2) is 4.79 Å². The van der Waals surface area contributed by atoms with Crippen molar-refractivity contribution in [3.8, 4) is 28.2 Å². The van der Waals surface area contributed by atoms with Crippen LogP contribution in [0.1, 0.15) is 41.5 Å². The highest BCUT2D eigenvalue weighted by Gasteiger charge is 2.34. The molecule has 0 atom stereocenters. The molecule has 2 aromatic rings. The van der Waals surface area contributed by atoms with E-state index in [1.165, 1.54) is 18.2 Å². The summed E-state index contributed by atoms with van der Waals surface area (Å²) in [5, 5.41) is 20.6. The van der Waals surface area contributed by atoms with Crippen LogP contribution >= 0.6 is 69.6 Å². The molecule has 0 bridgehead atoms. The fraction of sp³-hybridized carbons (Fsp3) is 0.160. The zero-order valence-electron chi connectivity index (χ0n) is 19.0. The molecule has 0 radical (unpaired) electrons. The van der Waals surface area contributed by atoms with Crippen LogP contribution in [0.25, 0.3) is 33.4 Å². The fourth-order valence-electron chi connectivity index (χ4n) is 3.89. The molecule has 192 valence electrons. The van der Waals surface area contributed by atoms with E-state index in [0.717, 1.165) is 0 Å². The maximum Gasteiger partial charge on any atom is 0.337 e. The maximum atomic E-state index is 13.3. The summed E-state index contributed by atoms with van der Waals surface area (Å²) in [6.45, 7) is 4.96. The first-order valence-corrected chi connectivity index (χ1v) is 12.6. The number of benzene rings is 3. The molecule has 0 saturated heterocycles. The van der Waals surface area contributed by atoms with Crippen LogP contribution in [0.2, 0.25) is 30.1 Å². The van der Waals surface area contributed by atoms with Crippen molar-refractivity contribution >= 4 is 92.3 Å². The molecule has 0 fully saturated rings. The second-order valence-corrected chi connectivity index (χ2v) is 11.4. The Hall–Kier alpha value is -2.19. The summed E-state index contributed by atoms with van der Waals surface area (Å²) < 4.78 is 5.77. The van der Waals surface area contributed by atoms with Gasteiger partial charge in [0.25, 0.3) is 0 Å². The zero-order valence-corrected chi connectivity index (χ0v) is 23.5. The molecular formula is C25H13Cl6O6-. The van der Waals surface area contributed by atoms with E-state index in [-0.39, 0.29) is 59.1 Å². The van der Waals surface area contributed by atoms with Gasteiger partial charge in [-0.05, 0) is 18.2 Å². The minimum Gasteiger partial charge on any atom is -0.870 e. The largest absolute Gasteiger partial charge is 0.870 e. The third-order valence-electron chi connectivity index (χ3n) is 5.61. The van der Waals surface area contributed by atoms with Gasteiger partial charge in [0.1, 0.15) is 5.02 Å². The van der Waals surface area contributed by atoms with Crippen LogP contribution in [0.15, 0.2) is 27.4 Å². The fourth-order valence-corrected chi connectivity index (χ4v) is 5.50. The van der Waals surface area contributed by atoms with Crippen LogP contribution in [-0.4, -0.2) is 16.9 Å². The van der Waals surface area contributed by atoms with E-state index in [1.807, 2.05) is 0 Å². The number of carboxylic acid groups (broad SMARTS) is 1. The van der Waals surface area contributed by atoms with Gasteiger partial charge in [-0.15, -0.1) is 0 Å². The number of hydrogen-bond acceptors (Lipinski definition) is 5. The lowest BCUT2D eigenvalue weighted by molar-refractivity contribution is -0.267. The Kier molecular flexibility index (Phi) is 7.17. The van der Waals surface area contributed by atoms with Crippen LogP contribution in [0.4, 0.5) is 0 Å². The van der Waals surface area contributed by atoms with Crippen molar-refractivity contribution in [2.75, 3.05) is 0 Å². The van der Waals surface area contributed by atoms with Crippen molar-refractivity contribution in [3.05, 3.63) is 69.7 Å². The Balaban J connectivity index is 2.38. The van der Waals surface area contributed by atoms with Crippen molar-refractivity contribution in [2.24, 2.45) is 5.41 Å². The van der Waals surface area contributed by atoms with Gasteiger partial charge in [-0.2, -0.15) is 0 Å². The first-order valence-electron chi connectivity index (χ1n) is 10.3. The normalized spacial score (nSPS) is 11.9. The van der Waals surface area contributed by atoms with Gasteiger partial charge in [-0.3, -0.25) is 9.59 Å². The van der Waals surface area contributed by atoms with Crippen LogP contribution < -0.4 is 10.5 Å². The molecule has 37 heavy (non-hydrogen) atoms.